The van der Waals surface area contributed by atoms with Gasteiger partial charge in [-0.1, -0.05) is 24.3 Å². The Balaban J connectivity index is 1.83. The molecule has 1 N–H and O–H groups in total. The van der Waals surface area contributed by atoms with Crippen molar-refractivity contribution >= 4 is 5.91 Å². The van der Waals surface area contributed by atoms with Crippen molar-refractivity contribution in [2.24, 2.45) is 0 Å². The maximum atomic E-state index is 14.3. The van der Waals surface area contributed by atoms with Gasteiger partial charge in [0.05, 0.1) is 6.04 Å². The van der Waals surface area contributed by atoms with E-state index in [-0.39, 0.29) is 18.9 Å². The Labute approximate surface area is 122 Å². The Hall–Kier alpha value is -1.49. The van der Waals surface area contributed by atoms with Crippen molar-refractivity contribution in [2.75, 3.05) is 7.05 Å². The summed E-state index contributed by atoms with van der Waals surface area (Å²) in [6.45, 7) is 0. The molecule has 21 heavy (non-hydrogen) atoms. The van der Waals surface area contributed by atoms with E-state index in [2.05, 4.69) is 0 Å². The summed E-state index contributed by atoms with van der Waals surface area (Å²) in [6.07, 6.45) is 1.95. The van der Waals surface area contributed by atoms with Gasteiger partial charge in [0.2, 0.25) is 0 Å². The number of carbonyl (C=O) groups excluding carboxylic acids is 1. The van der Waals surface area contributed by atoms with Gasteiger partial charge in [0.1, 0.15) is 5.60 Å². The molecule has 3 rings (SSSR count). The number of aryl methyl sites for hydroxylation is 1. The molecule has 1 aromatic rings. The van der Waals surface area contributed by atoms with Crippen LogP contribution in [0, 0.1) is 0 Å². The molecule has 0 saturated heterocycles. The lowest BCUT2D eigenvalue weighted by Crippen LogP contribution is -2.61. The summed E-state index contributed by atoms with van der Waals surface area (Å²) in [5, 5.41) is 9.90. The van der Waals surface area contributed by atoms with Gasteiger partial charge in [0.25, 0.3) is 5.91 Å². The van der Waals surface area contributed by atoms with Gasteiger partial charge in [0.15, 0.2) is 0 Å². The highest BCUT2D eigenvalue weighted by molar-refractivity contribution is 5.85. The highest BCUT2D eigenvalue weighted by Crippen LogP contribution is 2.46. The van der Waals surface area contributed by atoms with Crippen molar-refractivity contribution in [2.45, 2.75) is 49.7 Å². The van der Waals surface area contributed by atoms with Crippen molar-refractivity contribution in [3.05, 3.63) is 35.4 Å². The molecule has 0 radical (unpaired) electrons. The first kappa shape index (κ1) is 14.4. The highest BCUT2D eigenvalue weighted by Gasteiger charge is 2.62. The number of carbonyl (C=O) groups is 1. The third-order valence-corrected chi connectivity index (χ3v) is 4.92. The number of halogens is 2. The molecule has 0 bridgehead atoms. The number of nitrogens with zero attached hydrogens (tertiary/aromatic N) is 1. The van der Waals surface area contributed by atoms with E-state index in [4.69, 9.17) is 0 Å². The van der Waals surface area contributed by atoms with Crippen LogP contribution in [-0.4, -0.2) is 34.5 Å². The molecular weight excluding hydrogens is 276 g/mol. The van der Waals surface area contributed by atoms with E-state index in [9.17, 15) is 18.7 Å². The lowest BCUT2D eigenvalue weighted by Gasteiger charge is -2.43. The SMILES string of the molecule is CN(C(=O)C(F)(F)C1(O)CCC1)C1CCc2ccccc21. The first-order valence-electron chi connectivity index (χ1n) is 7.32. The standard InChI is InChI=1S/C16H19F2NO2/c1-19(13-8-7-11-5-2-3-6-12(11)13)14(20)16(17,18)15(21)9-4-10-15/h2-3,5-6,13,21H,4,7-10H2,1H3. The molecular formula is C16H19F2NO2. The topological polar surface area (TPSA) is 40.5 Å². The number of hydrogen-bond acceptors (Lipinski definition) is 2. The fraction of sp³-hybridized carbons (Fsp3) is 0.562. The predicted octanol–water partition coefficient (Wildman–Crippen LogP) is 2.68. The monoisotopic (exact) mass is 295 g/mol. The van der Waals surface area contributed by atoms with Crippen LogP contribution in [0.5, 0.6) is 0 Å². The number of aliphatic hydroxyl groups is 1. The van der Waals surface area contributed by atoms with Crippen LogP contribution in [0.15, 0.2) is 24.3 Å². The second kappa shape index (κ2) is 4.77. The quantitative estimate of drug-likeness (QED) is 0.931. The van der Waals surface area contributed by atoms with E-state index in [1.54, 1.807) is 0 Å². The Kier molecular flexibility index (Phi) is 3.28. The minimum atomic E-state index is -3.71. The lowest BCUT2D eigenvalue weighted by molar-refractivity contribution is -0.224. The maximum absolute atomic E-state index is 14.3. The molecule has 0 heterocycles. The van der Waals surface area contributed by atoms with Crippen LogP contribution >= 0.6 is 0 Å². The van der Waals surface area contributed by atoms with Gasteiger partial charge in [-0.05, 0) is 43.2 Å². The fourth-order valence-electron chi connectivity index (χ4n) is 3.32. The van der Waals surface area contributed by atoms with Gasteiger partial charge < -0.3 is 10.0 Å². The van der Waals surface area contributed by atoms with Crippen LogP contribution in [0.3, 0.4) is 0 Å². The Morgan fingerprint density at radius 1 is 1.38 bits per heavy atom. The molecule has 0 aliphatic heterocycles. The summed E-state index contributed by atoms with van der Waals surface area (Å²) in [5.74, 6) is -4.98. The van der Waals surface area contributed by atoms with Gasteiger partial charge in [-0.2, -0.15) is 8.78 Å². The summed E-state index contributed by atoms with van der Waals surface area (Å²) in [4.78, 5) is 13.3. The molecule has 114 valence electrons. The number of hydrogen-bond donors (Lipinski definition) is 1. The zero-order valence-corrected chi connectivity index (χ0v) is 12.0. The molecule has 2 aliphatic carbocycles. The van der Waals surface area contributed by atoms with Gasteiger partial charge in [0, 0.05) is 7.05 Å². The molecule has 1 atom stereocenters. The number of fused-ring (bicyclic) bond motifs is 1. The molecule has 1 unspecified atom stereocenters. The molecule has 3 nitrogen and oxygen atoms in total. The van der Waals surface area contributed by atoms with Crippen molar-refractivity contribution in [3.8, 4) is 0 Å². The summed E-state index contributed by atoms with van der Waals surface area (Å²) < 4.78 is 28.6. The van der Waals surface area contributed by atoms with Crippen molar-refractivity contribution in [1.29, 1.82) is 0 Å². The fourth-order valence-corrected chi connectivity index (χ4v) is 3.32. The number of benzene rings is 1. The van der Waals surface area contributed by atoms with E-state index in [1.165, 1.54) is 7.05 Å². The Bertz CT molecular complexity index is 569. The second-order valence-electron chi connectivity index (χ2n) is 6.13. The van der Waals surface area contributed by atoms with Gasteiger partial charge in [-0.15, -0.1) is 0 Å². The van der Waals surface area contributed by atoms with E-state index < -0.39 is 17.4 Å². The third kappa shape index (κ3) is 2.06. The minimum absolute atomic E-state index is 0.0131. The maximum Gasteiger partial charge on any atom is 0.352 e. The zero-order chi connectivity index (χ0) is 15.3. The van der Waals surface area contributed by atoms with E-state index in [1.807, 2.05) is 24.3 Å². The van der Waals surface area contributed by atoms with E-state index in [0.29, 0.717) is 12.8 Å². The smallest absolute Gasteiger partial charge is 0.352 e. The minimum Gasteiger partial charge on any atom is -0.383 e. The van der Waals surface area contributed by atoms with E-state index in [0.717, 1.165) is 22.4 Å². The molecule has 1 amide bonds. The first-order chi connectivity index (χ1) is 9.87. The second-order valence-corrected chi connectivity index (χ2v) is 6.13. The normalized spacial score (nSPS) is 23.3. The molecule has 0 aromatic heterocycles. The molecule has 0 spiro atoms. The van der Waals surface area contributed by atoms with Crippen LogP contribution in [-0.2, 0) is 11.2 Å². The van der Waals surface area contributed by atoms with E-state index >= 15 is 0 Å². The van der Waals surface area contributed by atoms with Gasteiger partial charge >= 0.3 is 5.92 Å². The molecule has 1 aromatic carbocycles. The Morgan fingerprint density at radius 3 is 2.67 bits per heavy atom. The summed E-state index contributed by atoms with van der Waals surface area (Å²) in [7, 11) is 1.41. The molecule has 1 saturated carbocycles. The molecule has 1 fully saturated rings. The van der Waals surface area contributed by atoms with Crippen LogP contribution in [0.4, 0.5) is 8.78 Å². The van der Waals surface area contributed by atoms with Crippen LogP contribution < -0.4 is 0 Å². The summed E-state index contributed by atoms with van der Waals surface area (Å²) in [6, 6.07) is 7.28. The van der Waals surface area contributed by atoms with Crippen molar-refractivity contribution < 1.29 is 18.7 Å². The van der Waals surface area contributed by atoms with Crippen LogP contribution in [0.2, 0.25) is 0 Å². The predicted molar refractivity (Wildman–Crippen MR) is 74.0 cm³/mol. The van der Waals surface area contributed by atoms with Crippen LogP contribution in [0.25, 0.3) is 0 Å². The van der Waals surface area contributed by atoms with Gasteiger partial charge in [-0.25, -0.2) is 0 Å². The van der Waals surface area contributed by atoms with Crippen molar-refractivity contribution in [1.82, 2.24) is 4.90 Å². The zero-order valence-electron chi connectivity index (χ0n) is 12.0. The highest BCUT2D eigenvalue weighted by atomic mass is 19.3. The Morgan fingerprint density at radius 2 is 2.05 bits per heavy atom. The number of alkyl halides is 2. The number of rotatable bonds is 3. The average molecular weight is 295 g/mol. The molecule has 5 heteroatoms. The largest absolute Gasteiger partial charge is 0.383 e. The third-order valence-electron chi connectivity index (χ3n) is 4.92. The van der Waals surface area contributed by atoms with Gasteiger partial charge in [-0.3, -0.25) is 4.79 Å². The first-order valence-corrected chi connectivity index (χ1v) is 7.32. The summed E-state index contributed by atoms with van der Waals surface area (Å²) >= 11 is 0. The molecule has 2 aliphatic rings. The average Bonchev–Trinajstić information content (AvgIpc) is 2.86. The summed E-state index contributed by atoms with van der Waals surface area (Å²) in [5.41, 5.74) is -0.117. The lowest BCUT2D eigenvalue weighted by atomic mass is 9.75. The van der Waals surface area contributed by atoms with Crippen molar-refractivity contribution in [3.63, 3.8) is 0 Å². The number of amides is 1. The van der Waals surface area contributed by atoms with Crippen LogP contribution in [0.1, 0.15) is 42.9 Å².